The maximum atomic E-state index is 11.9. The van der Waals surface area contributed by atoms with E-state index in [9.17, 15) is 4.79 Å². The Hall–Kier alpha value is -2.30. The van der Waals surface area contributed by atoms with E-state index in [1.54, 1.807) is 0 Å². The zero-order valence-corrected chi connectivity index (χ0v) is 15.0. The van der Waals surface area contributed by atoms with Gasteiger partial charge in [-0.2, -0.15) is 4.98 Å². The van der Waals surface area contributed by atoms with Crippen LogP contribution in [0.3, 0.4) is 0 Å². The fourth-order valence-electron chi connectivity index (χ4n) is 3.67. The van der Waals surface area contributed by atoms with Crippen LogP contribution < -0.4 is 15.0 Å². The fourth-order valence-corrected chi connectivity index (χ4v) is 3.67. The first-order valence-corrected chi connectivity index (χ1v) is 9.04. The molecular formula is C20H24N2O3. The lowest BCUT2D eigenvalue weighted by molar-refractivity contribution is -0.00463. The van der Waals surface area contributed by atoms with Crippen LogP contribution >= 0.6 is 0 Å². The van der Waals surface area contributed by atoms with Gasteiger partial charge in [-0.1, -0.05) is 13.0 Å². The molecule has 2 aliphatic rings. The Balaban J connectivity index is 1.54. The van der Waals surface area contributed by atoms with E-state index in [-0.39, 0.29) is 11.7 Å². The van der Waals surface area contributed by atoms with Crippen molar-refractivity contribution in [2.75, 3.05) is 0 Å². The summed E-state index contributed by atoms with van der Waals surface area (Å²) in [4.78, 5) is 16.0. The number of nitrogens with zero attached hydrogens (tertiary/aromatic N) is 2. The van der Waals surface area contributed by atoms with Crippen LogP contribution in [-0.4, -0.2) is 21.3 Å². The van der Waals surface area contributed by atoms with Gasteiger partial charge in [0.05, 0.1) is 6.54 Å². The number of hydrogen-bond acceptors (Lipinski definition) is 4. The zero-order chi connectivity index (χ0) is 17.6. The first-order chi connectivity index (χ1) is 12.0. The van der Waals surface area contributed by atoms with Crippen molar-refractivity contribution < 1.29 is 9.47 Å². The van der Waals surface area contributed by atoms with Crippen molar-refractivity contribution in [2.24, 2.45) is 0 Å². The van der Waals surface area contributed by atoms with Crippen molar-refractivity contribution in [2.45, 2.75) is 64.7 Å². The van der Waals surface area contributed by atoms with Crippen molar-refractivity contribution >= 4 is 0 Å². The number of ether oxygens (including phenoxy) is 2. The van der Waals surface area contributed by atoms with Crippen LogP contribution in [0.1, 0.15) is 43.9 Å². The average molecular weight is 340 g/mol. The molecule has 1 aliphatic heterocycles. The molecule has 0 N–H and O–H groups in total. The van der Waals surface area contributed by atoms with Crippen LogP contribution in [0.2, 0.25) is 0 Å². The summed E-state index contributed by atoms with van der Waals surface area (Å²) in [6.45, 7) is 6.64. The number of aryl methyl sites for hydroxylation is 3. The Bertz CT molecular complexity index is 870. The highest BCUT2D eigenvalue weighted by molar-refractivity contribution is 5.38. The molecule has 1 atom stereocenters. The maximum Gasteiger partial charge on any atom is 0.300 e. The van der Waals surface area contributed by atoms with Gasteiger partial charge < -0.3 is 9.47 Å². The Kier molecular flexibility index (Phi) is 3.82. The molecule has 0 amide bonds. The third-order valence-electron chi connectivity index (χ3n) is 5.25. The predicted octanol–water partition coefficient (Wildman–Crippen LogP) is 2.91. The monoisotopic (exact) mass is 340 g/mol. The summed E-state index contributed by atoms with van der Waals surface area (Å²) >= 11 is 0. The van der Waals surface area contributed by atoms with E-state index in [1.807, 2.05) is 37.6 Å². The molecule has 0 saturated carbocycles. The predicted molar refractivity (Wildman–Crippen MR) is 95.5 cm³/mol. The molecule has 1 aromatic carbocycles. The zero-order valence-electron chi connectivity index (χ0n) is 15.0. The molecule has 0 fully saturated rings. The van der Waals surface area contributed by atoms with Gasteiger partial charge in [-0.15, -0.1) is 0 Å². The van der Waals surface area contributed by atoms with Gasteiger partial charge in [0.25, 0.3) is 11.6 Å². The Morgan fingerprint density at radius 3 is 2.92 bits per heavy atom. The quantitative estimate of drug-likeness (QED) is 0.859. The van der Waals surface area contributed by atoms with Crippen LogP contribution in [0.5, 0.6) is 11.8 Å². The van der Waals surface area contributed by atoms with E-state index in [0.29, 0.717) is 24.5 Å². The Labute approximate surface area is 147 Å². The first kappa shape index (κ1) is 16.2. The Morgan fingerprint density at radius 2 is 2.12 bits per heavy atom. The van der Waals surface area contributed by atoms with Crippen LogP contribution in [-0.2, 0) is 25.8 Å². The highest BCUT2D eigenvalue weighted by Gasteiger charge is 2.39. The normalized spacial score (nSPS) is 18.6. The van der Waals surface area contributed by atoms with E-state index in [2.05, 4.69) is 17.1 Å². The molecule has 5 heteroatoms. The maximum absolute atomic E-state index is 11.9. The van der Waals surface area contributed by atoms with Crippen molar-refractivity contribution in [3.63, 3.8) is 0 Å². The lowest BCUT2D eigenvalue weighted by Crippen LogP contribution is -2.45. The number of benzene rings is 1. The minimum atomic E-state index is -0.532. The largest absolute Gasteiger partial charge is 0.484 e. The standard InChI is InChI=1S/C20H24N2O3/c1-4-13-11-22-12-17(24-19(22)21-18(13)23)20(2,3)25-16-9-8-14-6-5-7-15(14)10-16/h8-11,17H,4-7,12H2,1-3H3. The van der Waals surface area contributed by atoms with Crippen LogP contribution in [0, 0.1) is 0 Å². The first-order valence-electron chi connectivity index (χ1n) is 9.04. The van der Waals surface area contributed by atoms with Gasteiger partial charge in [0.15, 0.2) is 6.10 Å². The second kappa shape index (κ2) is 5.90. The summed E-state index contributed by atoms with van der Waals surface area (Å²) in [6, 6.07) is 6.76. The van der Waals surface area contributed by atoms with Crippen LogP contribution in [0.25, 0.3) is 0 Å². The van der Waals surface area contributed by atoms with Gasteiger partial charge >= 0.3 is 0 Å². The van der Waals surface area contributed by atoms with E-state index >= 15 is 0 Å². The topological polar surface area (TPSA) is 53.4 Å². The van der Waals surface area contributed by atoms with Gasteiger partial charge in [-0.3, -0.25) is 9.36 Å². The number of aromatic nitrogens is 2. The van der Waals surface area contributed by atoms with Gasteiger partial charge in [0, 0.05) is 11.8 Å². The number of hydrogen-bond donors (Lipinski definition) is 0. The molecule has 0 spiro atoms. The molecular weight excluding hydrogens is 316 g/mol. The summed E-state index contributed by atoms with van der Waals surface area (Å²) < 4.78 is 14.1. The average Bonchev–Trinajstić information content (AvgIpc) is 3.19. The lowest BCUT2D eigenvalue weighted by atomic mass is 10.0. The smallest absolute Gasteiger partial charge is 0.300 e. The van der Waals surface area contributed by atoms with Crippen molar-refractivity contribution in [1.82, 2.24) is 9.55 Å². The van der Waals surface area contributed by atoms with E-state index in [1.165, 1.54) is 24.0 Å². The van der Waals surface area contributed by atoms with Gasteiger partial charge in [-0.25, -0.2) is 0 Å². The van der Waals surface area contributed by atoms with E-state index in [0.717, 1.165) is 12.2 Å². The fraction of sp³-hybridized carbons (Fsp3) is 0.500. The second-order valence-corrected chi connectivity index (χ2v) is 7.46. The molecule has 0 saturated heterocycles. The minimum absolute atomic E-state index is 0.195. The molecule has 2 heterocycles. The molecule has 0 bridgehead atoms. The number of fused-ring (bicyclic) bond motifs is 2. The molecule has 132 valence electrons. The number of rotatable bonds is 4. The van der Waals surface area contributed by atoms with Crippen LogP contribution in [0.15, 0.2) is 29.2 Å². The van der Waals surface area contributed by atoms with E-state index < -0.39 is 5.60 Å². The molecule has 1 aliphatic carbocycles. The summed E-state index contributed by atoms with van der Waals surface area (Å²) in [5.41, 5.74) is 2.81. The summed E-state index contributed by atoms with van der Waals surface area (Å²) in [5.74, 6) is 0.877. The molecule has 0 radical (unpaired) electrons. The van der Waals surface area contributed by atoms with E-state index in [4.69, 9.17) is 9.47 Å². The molecule has 4 rings (SSSR count). The summed E-state index contributed by atoms with van der Waals surface area (Å²) in [7, 11) is 0. The summed E-state index contributed by atoms with van der Waals surface area (Å²) in [5, 5.41) is 0. The molecule has 2 aromatic rings. The third-order valence-corrected chi connectivity index (χ3v) is 5.25. The minimum Gasteiger partial charge on any atom is -0.484 e. The van der Waals surface area contributed by atoms with Crippen molar-refractivity contribution in [3.05, 3.63) is 51.4 Å². The second-order valence-electron chi connectivity index (χ2n) is 7.46. The highest BCUT2D eigenvalue weighted by Crippen LogP contribution is 2.32. The van der Waals surface area contributed by atoms with Crippen LogP contribution in [0.4, 0.5) is 0 Å². The van der Waals surface area contributed by atoms with Crippen molar-refractivity contribution in [1.29, 1.82) is 0 Å². The lowest BCUT2D eigenvalue weighted by Gasteiger charge is -2.31. The van der Waals surface area contributed by atoms with Crippen molar-refractivity contribution in [3.8, 4) is 11.8 Å². The van der Waals surface area contributed by atoms with Gasteiger partial charge in [-0.05, 0) is 62.8 Å². The highest BCUT2D eigenvalue weighted by atomic mass is 16.6. The van der Waals surface area contributed by atoms with Gasteiger partial charge in [0.2, 0.25) is 0 Å². The molecule has 25 heavy (non-hydrogen) atoms. The summed E-state index contributed by atoms with van der Waals surface area (Å²) in [6.07, 6.45) is 5.86. The SMILES string of the molecule is CCc1cn2c(nc1=O)OC(C(C)(C)Oc1ccc3c(c1)CCC3)C2. The molecule has 5 nitrogen and oxygen atoms in total. The molecule has 1 unspecified atom stereocenters. The third kappa shape index (κ3) is 2.92. The molecule has 1 aromatic heterocycles. The Morgan fingerprint density at radius 1 is 1.32 bits per heavy atom. The van der Waals surface area contributed by atoms with Gasteiger partial charge in [0.1, 0.15) is 11.4 Å².